The van der Waals surface area contributed by atoms with Gasteiger partial charge >= 0.3 is 6.09 Å². The first kappa shape index (κ1) is 32.3. The van der Waals surface area contributed by atoms with Crippen molar-refractivity contribution < 1.29 is 19.2 Å². The van der Waals surface area contributed by atoms with Crippen molar-refractivity contribution in [3.63, 3.8) is 0 Å². The third kappa shape index (κ3) is 8.63. The van der Waals surface area contributed by atoms with Crippen molar-refractivity contribution in [3.8, 4) is 0 Å². The van der Waals surface area contributed by atoms with Crippen molar-refractivity contribution >= 4 is 24.8 Å². The highest BCUT2D eigenvalue weighted by Crippen LogP contribution is 2.37. The first-order chi connectivity index (χ1) is 19.4. The quantitative estimate of drug-likeness (QED) is 0.151. The Morgan fingerprint density at radius 1 is 0.902 bits per heavy atom. The Hall–Kier alpha value is -3.23. The average Bonchev–Trinajstić information content (AvgIpc) is 2.91. The van der Waals surface area contributed by atoms with Crippen LogP contribution in [-0.2, 0) is 15.7 Å². The molecule has 0 aliphatic rings. The summed E-state index contributed by atoms with van der Waals surface area (Å²) >= 11 is 0. The maximum Gasteiger partial charge on any atom is 0.408 e. The molecule has 6 nitrogen and oxygen atoms in total. The zero-order valence-corrected chi connectivity index (χ0v) is 26.3. The van der Waals surface area contributed by atoms with Crippen molar-refractivity contribution in [1.82, 2.24) is 10.4 Å². The lowest BCUT2D eigenvalue weighted by atomic mass is 10.0. The molecule has 220 valence electrons. The molecule has 0 saturated heterocycles. The predicted molar refractivity (Wildman–Crippen MR) is 169 cm³/mol. The molecular formula is C34H46N2O4Si. The van der Waals surface area contributed by atoms with Gasteiger partial charge in [0.2, 0.25) is 0 Å². The van der Waals surface area contributed by atoms with Crippen LogP contribution in [0.3, 0.4) is 0 Å². The molecule has 2 N–H and O–H groups in total. The number of hydroxylamine groups is 2. The number of nitrogens with one attached hydrogen (secondary N) is 1. The summed E-state index contributed by atoms with van der Waals surface area (Å²) in [5.74, 6) is 0. The Balaban J connectivity index is 2.05. The van der Waals surface area contributed by atoms with Crippen LogP contribution >= 0.6 is 0 Å². The van der Waals surface area contributed by atoms with Crippen LogP contribution in [-0.4, -0.2) is 49.0 Å². The second-order valence-electron chi connectivity index (χ2n) is 12.4. The largest absolute Gasteiger partial charge is 0.444 e. The van der Waals surface area contributed by atoms with Crippen molar-refractivity contribution in [1.29, 1.82) is 0 Å². The van der Waals surface area contributed by atoms with E-state index < -0.39 is 32.1 Å². The zero-order chi connectivity index (χ0) is 30.1. The summed E-state index contributed by atoms with van der Waals surface area (Å²) in [6.45, 7) is 16.5. The molecule has 0 fully saturated rings. The van der Waals surface area contributed by atoms with Crippen LogP contribution in [0, 0.1) is 0 Å². The molecule has 7 heteroatoms. The van der Waals surface area contributed by atoms with Gasteiger partial charge in [0, 0.05) is 6.54 Å². The number of hydrogen-bond acceptors (Lipinski definition) is 5. The minimum absolute atomic E-state index is 0.164. The van der Waals surface area contributed by atoms with E-state index in [1.54, 1.807) is 6.08 Å². The third-order valence-electron chi connectivity index (χ3n) is 7.04. The van der Waals surface area contributed by atoms with Crippen LogP contribution in [0.4, 0.5) is 4.79 Å². The van der Waals surface area contributed by atoms with Crippen molar-refractivity contribution in [3.05, 3.63) is 109 Å². The van der Waals surface area contributed by atoms with E-state index in [0.29, 0.717) is 6.42 Å². The monoisotopic (exact) mass is 574 g/mol. The molecule has 0 bridgehead atoms. The topological polar surface area (TPSA) is 71.0 Å². The van der Waals surface area contributed by atoms with Crippen LogP contribution in [0.2, 0.25) is 5.04 Å². The number of alkyl carbamates (subject to hydrolysis) is 1. The van der Waals surface area contributed by atoms with E-state index >= 15 is 0 Å². The average molecular weight is 575 g/mol. The lowest BCUT2D eigenvalue weighted by Gasteiger charge is -2.44. The number of benzene rings is 3. The van der Waals surface area contributed by atoms with Crippen molar-refractivity contribution in [2.75, 3.05) is 6.61 Å². The van der Waals surface area contributed by atoms with Gasteiger partial charge in [0.1, 0.15) is 5.60 Å². The number of rotatable bonds is 12. The van der Waals surface area contributed by atoms with Gasteiger partial charge in [0.25, 0.3) is 8.32 Å². The number of nitrogens with zero attached hydrogens (tertiary/aromatic N) is 1. The third-order valence-corrected chi connectivity index (χ3v) is 12.0. The normalized spacial score (nSPS) is 13.9. The summed E-state index contributed by atoms with van der Waals surface area (Å²) in [6.07, 6.45) is 1.62. The molecule has 0 saturated carbocycles. The van der Waals surface area contributed by atoms with Gasteiger partial charge in [-0.05, 0) is 48.2 Å². The first-order valence-corrected chi connectivity index (χ1v) is 16.1. The van der Waals surface area contributed by atoms with Gasteiger partial charge in [-0.1, -0.05) is 118 Å². The first-order valence-electron chi connectivity index (χ1n) is 14.2. The molecule has 0 spiro atoms. The number of amides is 1. The van der Waals surface area contributed by atoms with Crippen LogP contribution in [0.5, 0.6) is 0 Å². The molecule has 2 atom stereocenters. The summed E-state index contributed by atoms with van der Waals surface area (Å²) in [6, 6.07) is 29.4. The van der Waals surface area contributed by atoms with E-state index in [2.05, 4.69) is 56.9 Å². The lowest BCUT2D eigenvalue weighted by Crippen LogP contribution is -2.68. The fraction of sp³-hybridized carbons (Fsp3) is 0.382. The second-order valence-corrected chi connectivity index (χ2v) is 16.7. The molecule has 0 radical (unpaired) electrons. The predicted octanol–water partition coefficient (Wildman–Crippen LogP) is 6.29. The molecule has 0 unspecified atom stereocenters. The molecule has 0 aliphatic heterocycles. The number of ether oxygens (including phenoxy) is 1. The lowest BCUT2D eigenvalue weighted by molar-refractivity contribution is -0.145. The maximum atomic E-state index is 13.1. The van der Waals surface area contributed by atoms with Gasteiger partial charge in [0.05, 0.1) is 18.7 Å². The van der Waals surface area contributed by atoms with Gasteiger partial charge < -0.3 is 19.7 Å². The van der Waals surface area contributed by atoms with E-state index in [9.17, 15) is 10.0 Å². The Kier molecular flexibility index (Phi) is 11.1. The fourth-order valence-electron chi connectivity index (χ4n) is 5.24. The summed E-state index contributed by atoms with van der Waals surface area (Å²) in [5.41, 5.74) is 0.276. The summed E-state index contributed by atoms with van der Waals surface area (Å²) < 4.78 is 12.8. The van der Waals surface area contributed by atoms with Gasteiger partial charge in [-0.3, -0.25) is 0 Å². The second kappa shape index (κ2) is 14.1. The number of hydrogen-bond donors (Lipinski definition) is 2. The number of carbonyl (C=O) groups is 1. The molecule has 0 heterocycles. The highest BCUT2D eigenvalue weighted by molar-refractivity contribution is 6.99. The van der Waals surface area contributed by atoms with Crippen molar-refractivity contribution in [2.45, 2.75) is 77.2 Å². The highest BCUT2D eigenvalue weighted by atomic mass is 28.4. The molecular weight excluding hydrogens is 528 g/mol. The molecule has 41 heavy (non-hydrogen) atoms. The minimum Gasteiger partial charge on any atom is -0.444 e. The van der Waals surface area contributed by atoms with E-state index in [0.717, 1.165) is 15.9 Å². The van der Waals surface area contributed by atoms with Gasteiger partial charge in [-0.15, -0.1) is 6.58 Å². The Morgan fingerprint density at radius 2 is 1.39 bits per heavy atom. The molecule has 3 aromatic carbocycles. The fourth-order valence-corrected chi connectivity index (χ4v) is 9.82. The van der Waals surface area contributed by atoms with E-state index in [1.807, 2.05) is 87.5 Å². The van der Waals surface area contributed by atoms with Gasteiger partial charge in [-0.25, -0.2) is 4.79 Å². The van der Waals surface area contributed by atoms with Crippen LogP contribution in [0.1, 0.15) is 53.5 Å². The summed E-state index contributed by atoms with van der Waals surface area (Å²) in [5, 5.41) is 17.7. The summed E-state index contributed by atoms with van der Waals surface area (Å²) in [7, 11) is -2.91. The van der Waals surface area contributed by atoms with E-state index in [-0.39, 0.29) is 18.2 Å². The molecule has 0 aliphatic carbocycles. The molecule has 0 aromatic heterocycles. The van der Waals surface area contributed by atoms with Crippen LogP contribution in [0.25, 0.3) is 0 Å². The maximum absolute atomic E-state index is 13.1. The van der Waals surface area contributed by atoms with Gasteiger partial charge in [0.15, 0.2) is 0 Å². The Bertz CT molecular complexity index is 1180. The van der Waals surface area contributed by atoms with Crippen LogP contribution in [0.15, 0.2) is 104 Å². The Labute approximate surface area is 247 Å². The molecule has 3 rings (SSSR count). The minimum atomic E-state index is -2.91. The standard InChI is InChI=1S/C34H46N2O4Si/c1-8-18-31(36(38)25-27-19-12-9-13-20-27)30(35-32(37)40-33(2,3)4)26-39-41(34(5,6)7,28-21-14-10-15-22-28)29-23-16-11-17-24-29/h8-17,19-24,30-31,38H,1,18,25-26H2,2-7H3,(H,35,37)/t30-,31-/m0/s1. The smallest absolute Gasteiger partial charge is 0.408 e. The number of carbonyl (C=O) groups excluding carboxylic acids is 1. The Morgan fingerprint density at radius 3 is 1.83 bits per heavy atom. The summed E-state index contributed by atoms with van der Waals surface area (Å²) in [4.78, 5) is 13.1. The SMILES string of the molecule is C=CC[C@@H]([C@H](CO[Si](c1ccccc1)(c1ccccc1)C(C)(C)C)NC(=O)OC(C)(C)C)N(O)Cc1ccccc1. The van der Waals surface area contributed by atoms with E-state index in [4.69, 9.17) is 9.16 Å². The van der Waals surface area contributed by atoms with Crippen LogP contribution < -0.4 is 15.7 Å². The molecule has 3 aromatic rings. The zero-order valence-electron chi connectivity index (χ0n) is 25.3. The van der Waals surface area contributed by atoms with Gasteiger partial charge in [-0.2, -0.15) is 5.06 Å². The highest BCUT2D eigenvalue weighted by Gasteiger charge is 2.50. The van der Waals surface area contributed by atoms with E-state index in [1.165, 1.54) is 5.06 Å². The molecule has 1 amide bonds. The van der Waals surface area contributed by atoms with Crippen molar-refractivity contribution in [2.24, 2.45) is 0 Å².